The molecule has 0 saturated heterocycles. The summed E-state index contributed by atoms with van der Waals surface area (Å²) >= 11 is 5.37. The third-order valence-corrected chi connectivity index (χ3v) is 2.31. The lowest BCUT2D eigenvalue weighted by Gasteiger charge is -2.27. The SMILES string of the molecule is CC(C)C(CNC(=O)CCl)N(C)C. The molecule has 0 aliphatic heterocycles. The van der Waals surface area contributed by atoms with E-state index in [-0.39, 0.29) is 11.8 Å². The molecule has 0 aromatic heterocycles. The van der Waals surface area contributed by atoms with Gasteiger partial charge in [0.25, 0.3) is 0 Å². The molecule has 0 radical (unpaired) electrons. The van der Waals surface area contributed by atoms with E-state index in [1.807, 2.05) is 14.1 Å². The number of rotatable bonds is 5. The summed E-state index contributed by atoms with van der Waals surface area (Å²) in [4.78, 5) is 13.0. The monoisotopic (exact) mass is 206 g/mol. The average molecular weight is 207 g/mol. The Hall–Kier alpha value is -0.280. The summed E-state index contributed by atoms with van der Waals surface area (Å²) < 4.78 is 0. The van der Waals surface area contributed by atoms with Crippen molar-refractivity contribution in [1.29, 1.82) is 0 Å². The minimum absolute atomic E-state index is 0.0399. The smallest absolute Gasteiger partial charge is 0.234 e. The van der Waals surface area contributed by atoms with Gasteiger partial charge in [-0.15, -0.1) is 11.6 Å². The summed E-state index contributed by atoms with van der Waals surface area (Å²) in [6, 6.07) is 0.368. The number of nitrogens with one attached hydrogen (secondary N) is 1. The Morgan fingerprint density at radius 1 is 1.46 bits per heavy atom. The fourth-order valence-electron chi connectivity index (χ4n) is 1.28. The second-order valence-electron chi connectivity index (χ2n) is 3.71. The fraction of sp³-hybridized carbons (Fsp3) is 0.889. The van der Waals surface area contributed by atoms with Crippen LogP contribution in [0.3, 0.4) is 0 Å². The van der Waals surface area contributed by atoms with E-state index >= 15 is 0 Å². The zero-order valence-corrected chi connectivity index (χ0v) is 9.56. The van der Waals surface area contributed by atoms with Crippen molar-refractivity contribution in [2.75, 3.05) is 26.5 Å². The maximum atomic E-state index is 10.9. The Morgan fingerprint density at radius 3 is 2.31 bits per heavy atom. The van der Waals surface area contributed by atoms with Gasteiger partial charge in [-0.2, -0.15) is 0 Å². The third kappa shape index (κ3) is 5.11. The number of alkyl halides is 1. The van der Waals surface area contributed by atoms with Crippen molar-refractivity contribution in [3.8, 4) is 0 Å². The zero-order chi connectivity index (χ0) is 10.4. The first-order valence-electron chi connectivity index (χ1n) is 4.48. The fourth-order valence-corrected chi connectivity index (χ4v) is 1.37. The maximum absolute atomic E-state index is 10.9. The van der Waals surface area contributed by atoms with Crippen LogP contribution in [0, 0.1) is 5.92 Å². The van der Waals surface area contributed by atoms with Crippen LogP contribution >= 0.6 is 11.6 Å². The molecule has 1 unspecified atom stereocenters. The summed E-state index contributed by atoms with van der Waals surface area (Å²) in [7, 11) is 4.02. The van der Waals surface area contributed by atoms with Gasteiger partial charge >= 0.3 is 0 Å². The van der Waals surface area contributed by atoms with Crippen LogP contribution in [0.1, 0.15) is 13.8 Å². The van der Waals surface area contributed by atoms with Crippen molar-refractivity contribution in [3.63, 3.8) is 0 Å². The molecule has 0 rings (SSSR count). The second kappa shape index (κ2) is 6.22. The van der Waals surface area contributed by atoms with E-state index in [0.29, 0.717) is 18.5 Å². The molecule has 0 spiro atoms. The van der Waals surface area contributed by atoms with Crippen LogP contribution < -0.4 is 5.32 Å². The van der Waals surface area contributed by atoms with E-state index < -0.39 is 0 Å². The number of hydrogen-bond donors (Lipinski definition) is 1. The standard InChI is InChI=1S/C9H19ClN2O/c1-7(2)8(12(3)4)6-11-9(13)5-10/h7-8H,5-6H2,1-4H3,(H,11,13). The highest BCUT2D eigenvalue weighted by atomic mass is 35.5. The molecule has 1 amide bonds. The van der Waals surface area contributed by atoms with Gasteiger partial charge in [-0.05, 0) is 20.0 Å². The summed E-state index contributed by atoms with van der Waals surface area (Å²) in [5, 5.41) is 2.78. The second-order valence-corrected chi connectivity index (χ2v) is 3.98. The van der Waals surface area contributed by atoms with Gasteiger partial charge in [-0.1, -0.05) is 13.8 Å². The summed E-state index contributed by atoms with van der Waals surface area (Å²) in [5.74, 6) is 0.456. The van der Waals surface area contributed by atoms with Crippen LogP contribution in [-0.4, -0.2) is 43.4 Å². The molecule has 3 nitrogen and oxygen atoms in total. The normalized spacial score (nSPS) is 13.5. The number of carbonyl (C=O) groups excluding carboxylic acids is 1. The highest BCUT2D eigenvalue weighted by molar-refractivity contribution is 6.27. The van der Waals surface area contributed by atoms with Crippen molar-refractivity contribution in [1.82, 2.24) is 10.2 Å². The quantitative estimate of drug-likeness (QED) is 0.679. The number of nitrogens with zero attached hydrogens (tertiary/aromatic N) is 1. The van der Waals surface area contributed by atoms with Crippen molar-refractivity contribution >= 4 is 17.5 Å². The third-order valence-electron chi connectivity index (χ3n) is 2.06. The van der Waals surface area contributed by atoms with Crippen LogP contribution in [0.15, 0.2) is 0 Å². The average Bonchev–Trinajstić information content (AvgIpc) is 2.03. The molecule has 13 heavy (non-hydrogen) atoms. The molecule has 0 fully saturated rings. The molecule has 0 aromatic carbocycles. The maximum Gasteiger partial charge on any atom is 0.234 e. The van der Waals surface area contributed by atoms with Gasteiger partial charge in [-0.3, -0.25) is 4.79 Å². The zero-order valence-electron chi connectivity index (χ0n) is 8.80. The molecule has 0 bridgehead atoms. The van der Waals surface area contributed by atoms with Crippen LogP contribution in [-0.2, 0) is 4.79 Å². The minimum atomic E-state index is -0.103. The Labute approximate surface area is 85.4 Å². The van der Waals surface area contributed by atoms with Gasteiger partial charge in [0.2, 0.25) is 5.91 Å². The number of hydrogen-bond acceptors (Lipinski definition) is 2. The van der Waals surface area contributed by atoms with Crippen molar-refractivity contribution in [3.05, 3.63) is 0 Å². The predicted molar refractivity (Wildman–Crippen MR) is 56.0 cm³/mol. The molecule has 0 saturated carbocycles. The van der Waals surface area contributed by atoms with Crippen LogP contribution in [0.2, 0.25) is 0 Å². The van der Waals surface area contributed by atoms with Gasteiger partial charge in [0.1, 0.15) is 5.88 Å². The molecular formula is C9H19ClN2O. The van der Waals surface area contributed by atoms with Gasteiger partial charge in [-0.25, -0.2) is 0 Å². The molecule has 0 aliphatic rings. The number of carbonyl (C=O) groups is 1. The van der Waals surface area contributed by atoms with E-state index in [1.165, 1.54) is 0 Å². The molecule has 0 aliphatic carbocycles. The van der Waals surface area contributed by atoms with Crippen molar-refractivity contribution in [2.45, 2.75) is 19.9 Å². The topological polar surface area (TPSA) is 32.3 Å². The largest absolute Gasteiger partial charge is 0.353 e. The summed E-state index contributed by atoms with van der Waals surface area (Å²) in [6.07, 6.45) is 0. The minimum Gasteiger partial charge on any atom is -0.353 e. The Morgan fingerprint density at radius 2 is 2.00 bits per heavy atom. The van der Waals surface area contributed by atoms with Gasteiger partial charge in [0.15, 0.2) is 0 Å². The van der Waals surface area contributed by atoms with Crippen LogP contribution in [0.4, 0.5) is 0 Å². The van der Waals surface area contributed by atoms with Crippen molar-refractivity contribution in [2.24, 2.45) is 5.92 Å². The van der Waals surface area contributed by atoms with Gasteiger partial charge < -0.3 is 10.2 Å². The van der Waals surface area contributed by atoms with E-state index in [4.69, 9.17) is 11.6 Å². The van der Waals surface area contributed by atoms with Gasteiger partial charge in [0.05, 0.1) is 0 Å². The number of halogens is 1. The molecule has 1 N–H and O–H groups in total. The molecular weight excluding hydrogens is 188 g/mol. The predicted octanol–water partition coefficient (Wildman–Crippen LogP) is 0.928. The first kappa shape index (κ1) is 12.7. The molecule has 0 aromatic rings. The van der Waals surface area contributed by atoms with Crippen LogP contribution in [0.25, 0.3) is 0 Å². The van der Waals surface area contributed by atoms with Crippen LogP contribution in [0.5, 0.6) is 0 Å². The lowest BCUT2D eigenvalue weighted by atomic mass is 10.0. The van der Waals surface area contributed by atoms with Crippen molar-refractivity contribution < 1.29 is 4.79 Å². The first-order chi connectivity index (χ1) is 5.99. The number of likely N-dealkylation sites (N-methyl/N-ethyl adjacent to an activating group) is 1. The highest BCUT2D eigenvalue weighted by Crippen LogP contribution is 2.05. The van der Waals surface area contributed by atoms with E-state index in [0.717, 1.165) is 0 Å². The Balaban J connectivity index is 3.90. The number of amides is 1. The summed E-state index contributed by atoms with van der Waals surface area (Å²) in [6.45, 7) is 4.94. The van der Waals surface area contributed by atoms with E-state index in [9.17, 15) is 4.79 Å². The Kier molecular flexibility index (Phi) is 6.08. The lowest BCUT2D eigenvalue weighted by molar-refractivity contribution is -0.118. The molecule has 4 heteroatoms. The highest BCUT2D eigenvalue weighted by Gasteiger charge is 2.15. The first-order valence-corrected chi connectivity index (χ1v) is 5.01. The van der Waals surface area contributed by atoms with E-state index in [1.54, 1.807) is 0 Å². The summed E-state index contributed by atoms with van der Waals surface area (Å²) in [5.41, 5.74) is 0. The lowest BCUT2D eigenvalue weighted by Crippen LogP contribution is -2.43. The Bertz CT molecular complexity index is 152. The molecule has 78 valence electrons. The van der Waals surface area contributed by atoms with Gasteiger partial charge in [0, 0.05) is 12.6 Å². The molecule has 1 atom stereocenters. The molecule has 0 heterocycles. The van der Waals surface area contributed by atoms with E-state index in [2.05, 4.69) is 24.1 Å².